The van der Waals surface area contributed by atoms with Crippen molar-refractivity contribution in [3.63, 3.8) is 0 Å². The fourth-order valence-electron chi connectivity index (χ4n) is 4.71. The number of thiophene rings is 1. The van der Waals surface area contributed by atoms with E-state index in [1.165, 1.54) is 33.2 Å². The van der Waals surface area contributed by atoms with Crippen molar-refractivity contribution in [2.75, 3.05) is 7.11 Å². The minimum absolute atomic E-state index is 0.0896. The topological polar surface area (TPSA) is 102 Å². The van der Waals surface area contributed by atoms with E-state index < -0.39 is 6.04 Å². The molecule has 39 heavy (non-hydrogen) atoms. The van der Waals surface area contributed by atoms with E-state index in [0.717, 1.165) is 36.1 Å². The lowest BCUT2D eigenvalue weighted by Gasteiger charge is -2.31. The number of carbonyl (C=O) groups excluding carboxylic acids is 2. The van der Waals surface area contributed by atoms with E-state index in [9.17, 15) is 14.0 Å². The van der Waals surface area contributed by atoms with Gasteiger partial charge >= 0.3 is 0 Å². The van der Waals surface area contributed by atoms with Crippen LogP contribution in [0.5, 0.6) is 5.75 Å². The number of nitrogens with one attached hydrogen (secondary N) is 1. The van der Waals surface area contributed by atoms with Crippen LogP contribution >= 0.6 is 11.3 Å². The first-order chi connectivity index (χ1) is 19.0. The van der Waals surface area contributed by atoms with Crippen LogP contribution in [-0.2, 0) is 22.7 Å². The molecule has 0 spiro atoms. The zero-order chi connectivity index (χ0) is 27.2. The average Bonchev–Trinajstić information content (AvgIpc) is 3.74. The molecule has 0 saturated heterocycles. The largest absolute Gasteiger partial charge is 0.497 e. The standard InChI is InChI=1S/C28H29FN6O3S/c1-38-23-14-10-20(11-15-23)27-31-33-35(32-27)18-25(36)34(17-19-8-12-21(29)13-9-19)26(24-7-4-16-39-24)28(37)30-22-5-2-3-6-22/h4,7-16,22,26H,2-3,5-6,17-18H2,1H3,(H,30,37)/t26-/m1/s1. The molecule has 1 atom stereocenters. The van der Waals surface area contributed by atoms with Crippen LogP contribution in [0.1, 0.15) is 42.2 Å². The van der Waals surface area contributed by atoms with E-state index in [1.54, 1.807) is 31.4 Å². The van der Waals surface area contributed by atoms with E-state index in [0.29, 0.717) is 17.1 Å². The molecule has 0 radical (unpaired) electrons. The Morgan fingerprint density at radius 1 is 1.13 bits per heavy atom. The van der Waals surface area contributed by atoms with Gasteiger partial charge in [-0.2, -0.15) is 4.80 Å². The van der Waals surface area contributed by atoms with Gasteiger partial charge in [0.15, 0.2) is 0 Å². The molecule has 11 heteroatoms. The monoisotopic (exact) mass is 548 g/mol. The fraction of sp³-hybridized carbons (Fsp3) is 0.321. The summed E-state index contributed by atoms with van der Waals surface area (Å²) in [5, 5.41) is 17.6. The lowest BCUT2D eigenvalue weighted by atomic mass is 10.1. The second-order valence-electron chi connectivity index (χ2n) is 9.43. The zero-order valence-electron chi connectivity index (χ0n) is 21.5. The molecule has 2 amide bonds. The molecule has 2 aromatic heterocycles. The van der Waals surface area contributed by atoms with E-state index in [4.69, 9.17) is 4.74 Å². The Labute approximate surface area is 229 Å². The minimum Gasteiger partial charge on any atom is -0.497 e. The fourth-order valence-corrected chi connectivity index (χ4v) is 5.54. The van der Waals surface area contributed by atoms with Gasteiger partial charge in [0.2, 0.25) is 17.6 Å². The summed E-state index contributed by atoms with van der Waals surface area (Å²) in [4.78, 5) is 31.0. The van der Waals surface area contributed by atoms with Gasteiger partial charge in [0.1, 0.15) is 24.2 Å². The summed E-state index contributed by atoms with van der Waals surface area (Å²) in [5.74, 6) is 0.101. The smallest absolute Gasteiger partial charge is 0.248 e. The van der Waals surface area contributed by atoms with Crippen molar-refractivity contribution in [3.05, 3.63) is 82.3 Å². The van der Waals surface area contributed by atoms with Gasteiger partial charge in [-0.15, -0.1) is 21.5 Å². The summed E-state index contributed by atoms with van der Waals surface area (Å²) in [6.07, 6.45) is 3.99. The van der Waals surface area contributed by atoms with Crippen molar-refractivity contribution < 1.29 is 18.7 Å². The number of halogens is 1. The first-order valence-electron chi connectivity index (χ1n) is 12.8. The van der Waals surface area contributed by atoms with Crippen LogP contribution in [0.15, 0.2) is 66.0 Å². The summed E-state index contributed by atoms with van der Waals surface area (Å²) in [7, 11) is 1.59. The highest BCUT2D eigenvalue weighted by atomic mass is 32.1. The van der Waals surface area contributed by atoms with Gasteiger partial charge in [-0.3, -0.25) is 9.59 Å². The first-order valence-corrected chi connectivity index (χ1v) is 13.7. The third kappa shape index (κ3) is 6.48. The highest BCUT2D eigenvalue weighted by molar-refractivity contribution is 7.10. The van der Waals surface area contributed by atoms with Crippen LogP contribution in [0.25, 0.3) is 11.4 Å². The van der Waals surface area contributed by atoms with Crippen LogP contribution in [0.3, 0.4) is 0 Å². The molecule has 4 aromatic rings. The lowest BCUT2D eigenvalue weighted by Crippen LogP contribution is -2.46. The summed E-state index contributed by atoms with van der Waals surface area (Å²) in [5.41, 5.74) is 1.43. The highest BCUT2D eigenvalue weighted by Crippen LogP contribution is 2.29. The van der Waals surface area contributed by atoms with Gasteiger partial charge in [0.05, 0.1) is 7.11 Å². The average molecular weight is 549 g/mol. The molecule has 0 unspecified atom stereocenters. The van der Waals surface area contributed by atoms with Crippen molar-refractivity contribution in [3.8, 4) is 17.1 Å². The number of ether oxygens (including phenoxy) is 1. The van der Waals surface area contributed by atoms with Crippen LogP contribution in [0.4, 0.5) is 4.39 Å². The maximum Gasteiger partial charge on any atom is 0.248 e. The molecular formula is C28H29FN6O3S. The number of benzene rings is 2. The van der Waals surface area contributed by atoms with E-state index in [1.807, 2.05) is 29.6 Å². The number of tetrazole rings is 1. The molecule has 202 valence electrons. The third-order valence-electron chi connectivity index (χ3n) is 6.74. The molecule has 1 aliphatic carbocycles. The maximum absolute atomic E-state index is 13.8. The number of amides is 2. The van der Waals surface area contributed by atoms with Gasteiger partial charge in [-0.05, 0) is 71.5 Å². The predicted molar refractivity (Wildman–Crippen MR) is 144 cm³/mol. The molecule has 1 fully saturated rings. The quantitative estimate of drug-likeness (QED) is 0.316. The summed E-state index contributed by atoms with van der Waals surface area (Å²) in [6, 6.07) is 16.1. The van der Waals surface area contributed by atoms with Gasteiger partial charge in [-0.25, -0.2) is 4.39 Å². The normalized spacial score (nSPS) is 14.2. The number of rotatable bonds is 10. The number of carbonyl (C=O) groups is 2. The zero-order valence-corrected chi connectivity index (χ0v) is 22.3. The second kappa shape index (κ2) is 12.2. The number of nitrogens with zero attached hydrogens (tertiary/aromatic N) is 5. The van der Waals surface area contributed by atoms with Crippen molar-refractivity contribution in [1.82, 2.24) is 30.4 Å². The molecule has 1 aliphatic rings. The third-order valence-corrected chi connectivity index (χ3v) is 7.66. The Balaban J connectivity index is 1.42. The number of aromatic nitrogens is 4. The number of hydrogen-bond acceptors (Lipinski definition) is 7. The van der Waals surface area contributed by atoms with E-state index in [-0.39, 0.29) is 36.8 Å². The van der Waals surface area contributed by atoms with Crippen LogP contribution in [0.2, 0.25) is 0 Å². The summed E-state index contributed by atoms with van der Waals surface area (Å²) in [6.45, 7) is -0.108. The Bertz CT molecular complexity index is 1390. The molecule has 5 rings (SSSR count). The Morgan fingerprint density at radius 2 is 1.87 bits per heavy atom. The summed E-state index contributed by atoms with van der Waals surface area (Å²) >= 11 is 1.41. The van der Waals surface area contributed by atoms with Crippen molar-refractivity contribution in [1.29, 1.82) is 0 Å². The van der Waals surface area contributed by atoms with Crippen LogP contribution in [-0.4, -0.2) is 50.1 Å². The molecule has 0 bridgehead atoms. The van der Waals surface area contributed by atoms with Gasteiger partial charge < -0.3 is 15.0 Å². The van der Waals surface area contributed by atoms with Crippen LogP contribution in [0, 0.1) is 5.82 Å². The SMILES string of the molecule is COc1ccc(-c2nnn(CC(=O)N(Cc3ccc(F)cc3)[C@@H](C(=O)NC3CCCC3)c3cccs3)n2)cc1. The molecule has 1 saturated carbocycles. The minimum atomic E-state index is -0.854. The second-order valence-corrected chi connectivity index (χ2v) is 10.4. The van der Waals surface area contributed by atoms with Crippen molar-refractivity contribution >= 4 is 23.2 Å². The molecule has 9 nitrogen and oxygen atoms in total. The summed E-state index contributed by atoms with van der Waals surface area (Å²) < 4.78 is 18.8. The molecule has 2 aromatic carbocycles. The number of methoxy groups -OCH3 is 1. The Morgan fingerprint density at radius 3 is 2.54 bits per heavy atom. The lowest BCUT2D eigenvalue weighted by molar-refractivity contribution is -0.142. The highest BCUT2D eigenvalue weighted by Gasteiger charge is 2.34. The van der Waals surface area contributed by atoms with Crippen LogP contribution < -0.4 is 10.1 Å². The van der Waals surface area contributed by atoms with E-state index in [2.05, 4.69) is 20.7 Å². The molecular weight excluding hydrogens is 519 g/mol. The van der Waals surface area contributed by atoms with Crippen molar-refractivity contribution in [2.24, 2.45) is 0 Å². The molecule has 0 aliphatic heterocycles. The Hall–Kier alpha value is -4.12. The number of hydrogen-bond donors (Lipinski definition) is 1. The first kappa shape index (κ1) is 26.5. The predicted octanol–water partition coefficient (Wildman–Crippen LogP) is 4.38. The molecule has 2 heterocycles. The van der Waals surface area contributed by atoms with Gasteiger partial charge in [0.25, 0.3) is 0 Å². The van der Waals surface area contributed by atoms with Crippen molar-refractivity contribution in [2.45, 2.75) is 50.9 Å². The van der Waals surface area contributed by atoms with Gasteiger partial charge in [0, 0.05) is 23.0 Å². The molecule has 1 N–H and O–H groups in total. The maximum atomic E-state index is 13.8. The van der Waals surface area contributed by atoms with E-state index >= 15 is 0 Å². The Kier molecular flexibility index (Phi) is 8.26. The van der Waals surface area contributed by atoms with Gasteiger partial charge in [-0.1, -0.05) is 31.0 Å².